The zero-order chi connectivity index (χ0) is 13.5. The van der Waals surface area contributed by atoms with Crippen LogP contribution in [0.1, 0.15) is 27.6 Å². The molecular formula is C13H17NO4. The van der Waals surface area contributed by atoms with Crippen LogP contribution in [-0.4, -0.2) is 39.1 Å². The number of ether oxygens (including phenoxy) is 2. The first kappa shape index (κ1) is 14.2. The number of benzene rings is 1. The van der Waals surface area contributed by atoms with Crippen molar-refractivity contribution in [1.29, 1.82) is 0 Å². The molecule has 0 aromatic heterocycles. The smallest absolute Gasteiger partial charge is 0.339 e. The van der Waals surface area contributed by atoms with Crippen LogP contribution < -0.4 is 5.32 Å². The van der Waals surface area contributed by atoms with E-state index in [9.17, 15) is 9.59 Å². The predicted octanol–water partition coefficient (Wildman–Crippen LogP) is 1.73. The fourth-order valence-electron chi connectivity index (χ4n) is 1.60. The van der Waals surface area contributed by atoms with E-state index in [2.05, 4.69) is 5.32 Å². The molecule has 5 heteroatoms. The van der Waals surface area contributed by atoms with E-state index < -0.39 is 5.97 Å². The number of carbonyl (C=O) groups is 2. The molecule has 0 fully saturated rings. The second-order valence-electron chi connectivity index (χ2n) is 3.92. The Morgan fingerprint density at radius 3 is 2.72 bits per heavy atom. The average molecular weight is 251 g/mol. The lowest BCUT2D eigenvalue weighted by molar-refractivity contribution is 0.0601. The van der Waals surface area contributed by atoms with Crippen LogP contribution in [0, 0.1) is 0 Å². The molecule has 18 heavy (non-hydrogen) atoms. The van der Waals surface area contributed by atoms with Gasteiger partial charge in [0.1, 0.15) is 6.29 Å². The number of rotatable bonds is 6. The normalized spacial score (nSPS) is 11.7. The first-order chi connectivity index (χ1) is 8.62. The molecule has 5 nitrogen and oxygen atoms in total. The number of carbonyl (C=O) groups excluding carboxylic acids is 2. The van der Waals surface area contributed by atoms with Gasteiger partial charge in [-0.1, -0.05) is 0 Å². The zero-order valence-electron chi connectivity index (χ0n) is 10.7. The Kier molecular flexibility index (Phi) is 5.32. The van der Waals surface area contributed by atoms with Gasteiger partial charge in [0.15, 0.2) is 0 Å². The number of nitrogens with one attached hydrogen (secondary N) is 1. The van der Waals surface area contributed by atoms with Gasteiger partial charge in [-0.3, -0.25) is 4.79 Å². The van der Waals surface area contributed by atoms with Crippen molar-refractivity contribution in [3.8, 4) is 0 Å². The van der Waals surface area contributed by atoms with Crippen LogP contribution in [0.3, 0.4) is 0 Å². The number of hydrogen-bond donors (Lipinski definition) is 1. The average Bonchev–Trinajstić information content (AvgIpc) is 2.38. The van der Waals surface area contributed by atoms with Gasteiger partial charge in [-0.15, -0.1) is 0 Å². The minimum Gasteiger partial charge on any atom is -0.465 e. The second-order valence-corrected chi connectivity index (χ2v) is 3.92. The van der Waals surface area contributed by atoms with Gasteiger partial charge < -0.3 is 14.8 Å². The minimum atomic E-state index is -0.481. The van der Waals surface area contributed by atoms with Crippen molar-refractivity contribution in [3.05, 3.63) is 29.3 Å². The fraction of sp³-hybridized carbons (Fsp3) is 0.385. The van der Waals surface area contributed by atoms with Crippen LogP contribution in [-0.2, 0) is 9.47 Å². The molecule has 0 aliphatic rings. The number of esters is 1. The van der Waals surface area contributed by atoms with Crippen LogP contribution in [0.25, 0.3) is 0 Å². The molecular weight excluding hydrogens is 234 g/mol. The van der Waals surface area contributed by atoms with Crippen LogP contribution >= 0.6 is 0 Å². The first-order valence-electron chi connectivity index (χ1n) is 5.55. The Bertz CT molecular complexity index is 431. The Morgan fingerprint density at radius 1 is 1.44 bits per heavy atom. The lowest BCUT2D eigenvalue weighted by atomic mass is 10.1. The van der Waals surface area contributed by atoms with Crippen LogP contribution in [0.4, 0.5) is 5.69 Å². The first-order valence-corrected chi connectivity index (χ1v) is 5.55. The third kappa shape index (κ3) is 3.56. The number of anilines is 1. The lowest BCUT2D eigenvalue weighted by Crippen LogP contribution is -2.22. The summed E-state index contributed by atoms with van der Waals surface area (Å²) in [6.07, 6.45) is 0.689. The third-order valence-corrected chi connectivity index (χ3v) is 2.40. The molecule has 1 N–H and O–H groups in total. The fourth-order valence-corrected chi connectivity index (χ4v) is 1.60. The largest absolute Gasteiger partial charge is 0.465 e. The van der Waals surface area contributed by atoms with Gasteiger partial charge in [-0.05, 0) is 25.1 Å². The standard InChI is InChI=1S/C13H17NO4/c1-9(8-17-2)14-12-5-4-10(7-15)6-11(12)13(16)18-3/h4-7,9,14H,8H2,1-3H3/t9-/m0/s1. The van der Waals surface area contributed by atoms with Gasteiger partial charge in [-0.2, -0.15) is 0 Å². The maximum Gasteiger partial charge on any atom is 0.339 e. The van der Waals surface area contributed by atoms with E-state index in [0.717, 1.165) is 0 Å². The Hall–Kier alpha value is -1.88. The monoisotopic (exact) mass is 251 g/mol. The summed E-state index contributed by atoms with van der Waals surface area (Å²) in [6, 6.07) is 4.87. The van der Waals surface area contributed by atoms with Crippen molar-refractivity contribution < 1.29 is 19.1 Å². The molecule has 1 aromatic rings. The molecule has 0 spiro atoms. The van der Waals surface area contributed by atoms with Gasteiger partial charge in [0.05, 0.1) is 19.3 Å². The molecule has 0 amide bonds. The summed E-state index contributed by atoms with van der Waals surface area (Å²) in [6.45, 7) is 2.44. The van der Waals surface area contributed by atoms with Crippen molar-refractivity contribution in [2.24, 2.45) is 0 Å². The maximum absolute atomic E-state index is 11.6. The van der Waals surface area contributed by atoms with E-state index in [1.165, 1.54) is 13.2 Å². The quantitative estimate of drug-likeness (QED) is 0.616. The summed E-state index contributed by atoms with van der Waals surface area (Å²) < 4.78 is 9.70. The summed E-state index contributed by atoms with van der Waals surface area (Å²) >= 11 is 0. The summed E-state index contributed by atoms with van der Waals surface area (Å²) in [5, 5.41) is 3.14. The Morgan fingerprint density at radius 2 is 2.17 bits per heavy atom. The van der Waals surface area contributed by atoms with Gasteiger partial charge in [0.2, 0.25) is 0 Å². The Balaban J connectivity index is 3.02. The van der Waals surface area contributed by atoms with Crippen LogP contribution in [0.5, 0.6) is 0 Å². The molecule has 98 valence electrons. The highest BCUT2D eigenvalue weighted by Crippen LogP contribution is 2.19. The van der Waals surface area contributed by atoms with Crippen molar-refractivity contribution in [2.75, 3.05) is 26.1 Å². The molecule has 0 saturated carbocycles. The summed E-state index contributed by atoms with van der Waals surface area (Å²) in [4.78, 5) is 22.3. The Labute approximate surface area is 106 Å². The molecule has 0 radical (unpaired) electrons. The predicted molar refractivity (Wildman–Crippen MR) is 68.1 cm³/mol. The minimum absolute atomic E-state index is 0.0421. The number of methoxy groups -OCH3 is 2. The highest BCUT2D eigenvalue weighted by molar-refractivity contribution is 5.97. The van der Waals surface area contributed by atoms with Crippen molar-refractivity contribution in [1.82, 2.24) is 0 Å². The maximum atomic E-state index is 11.6. The van der Waals surface area contributed by atoms with E-state index >= 15 is 0 Å². The second kappa shape index (κ2) is 6.76. The van der Waals surface area contributed by atoms with E-state index in [4.69, 9.17) is 9.47 Å². The molecule has 0 aliphatic heterocycles. The van der Waals surface area contributed by atoms with E-state index in [0.29, 0.717) is 29.7 Å². The number of aldehydes is 1. The van der Waals surface area contributed by atoms with Gasteiger partial charge >= 0.3 is 5.97 Å². The number of hydrogen-bond acceptors (Lipinski definition) is 5. The van der Waals surface area contributed by atoms with E-state index in [1.54, 1.807) is 19.2 Å². The zero-order valence-corrected chi connectivity index (χ0v) is 10.7. The molecule has 0 aliphatic carbocycles. The summed E-state index contributed by atoms with van der Waals surface area (Å²) in [5.74, 6) is -0.481. The molecule has 1 aromatic carbocycles. The molecule has 0 bridgehead atoms. The summed E-state index contributed by atoms with van der Waals surface area (Å²) in [5.41, 5.74) is 1.39. The van der Waals surface area contributed by atoms with Crippen molar-refractivity contribution in [3.63, 3.8) is 0 Å². The van der Waals surface area contributed by atoms with Gasteiger partial charge in [0, 0.05) is 24.4 Å². The summed E-state index contributed by atoms with van der Waals surface area (Å²) in [7, 11) is 2.91. The van der Waals surface area contributed by atoms with Crippen LogP contribution in [0.2, 0.25) is 0 Å². The van der Waals surface area contributed by atoms with Gasteiger partial charge in [0.25, 0.3) is 0 Å². The van der Waals surface area contributed by atoms with E-state index in [1.807, 2.05) is 6.92 Å². The highest BCUT2D eigenvalue weighted by atomic mass is 16.5. The highest BCUT2D eigenvalue weighted by Gasteiger charge is 2.14. The van der Waals surface area contributed by atoms with Crippen LogP contribution in [0.15, 0.2) is 18.2 Å². The molecule has 0 saturated heterocycles. The van der Waals surface area contributed by atoms with Crippen molar-refractivity contribution >= 4 is 17.9 Å². The lowest BCUT2D eigenvalue weighted by Gasteiger charge is -2.16. The molecule has 1 atom stereocenters. The SMILES string of the molecule is COC[C@H](C)Nc1ccc(C=O)cc1C(=O)OC. The third-order valence-electron chi connectivity index (χ3n) is 2.40. The molecule has 1 rings (SSSR count). The topological polar surface area (TPSA) is 64.6 Å². The molecule has 0 heterocycles. The van der Waals surface area contributed by atoms with E-state index in [-0.39, 0.29) is 6.04 Å². The van der Waals surface area contributed by atoms with Gasteiger partial charge in [-0.25, -0.2) is 4.79 Å². The van der Waals surface area contributed by atoms with Crippen molar-refractivity contribution in [2.45, 2.75) is 13.0 Å². The molecule has 0 unspecified atom stereocenters.